The van der Waals surface area contributed by atoms with Crippen LogP contribution in [-0.2, 0) is 16.0 Å². The van der Waals surface area contributed by atoms with Crippen LogP contribution in [0.25, 0.3) is 0 Å². The molecule has 5 nitrogen and oxygen atoms in total. The molecule has 144 valence electrons. The number of aryl methyl sites for hydroxylation is 1. The molecular weight excluding hydrogens is 328 g/mol. The van der Waals surface area contributed by atoms with E-state index in [0.29, 0.717) is 25.2 Å². The highest BCUT2D eigenvalue weighted by molar-refractivity contribution is 5.95. The van der Waals surface area contributed by atoms with E-state index in [1.54, 1.807) is 0 Å². The Bertz CT molecular complexity index is 571. The Labute approximate surface area is 156 Å². The number of rotatable bonds is 11. The highest BCUT2D eigenvalue weighted by atomic mass is 16.3. The maximum atomic E-state index is 12.1. The van der Waals surface area contributed by atoms with Crippen molar-refractivity contribution in [3.8, 4) is 0 Å². The summed E-state index contributed by atoms with van der Waals surface area (Å²) in [5.41, 5.74) is 1.99. The quantitative estimate of drug-likeness (QED) is 0.530. The lowest BCUT2D eigenvalue weighted by molar-refractivity contribution is -0.120. The average molecular weight is 360 g/mol. The molecule has 2 atom stereocenters. The Morgan fingerprint density at radius 3 is 2.50 bits per heavy atom. The molecule has 5 heteroatoms. The standard InChI is InChI=1S/C21H32N2O3/c1-2-3-8-18(24)9-6-4-5-7-16-10-12-17(13-11-16)23-21(26)20-19(25)14-15-22-20/h10-13,19-20,22,25H,2-9,14-15H2,1H3,(H,23,26)/t19-,20?/m0/s1. The number of anilines is 1. The molecule has 1 unspecified atom stereocenters. The molecule has 2 rings (SSSR count). The summed E-state index contributed by atoms with van der Waals surface area (Å²) in [6.45, 7) is 2.78. The third kappa shape index (κ3) is 6.89. The highest BCUT2D eigenvalue weighted by Crippen LogP contribution is 2.15. The number of aliphatic hydroxyl groups excluding tert-OH is 1. The minimum absolute atomic E-state index is 0.185. The number of carbonyl (C=O) groups is 2. The van der Waals surface area contributed by atoms with Gasteiger partial charge < -0.3 is 15.7 Å². The van der Waals surface area contributed by atoms with Gasteiger partial charge in [0.2, 0.25) is 5.91 Å². The normalized spacial score (nSPS) is 19.5. The van der Waals surface area contributed by atoms with Crippen molar-refractivity contribution in [2.24, 2.45) is 0 Å². The van der Waals surface area contributed by atoms with Crippen molar-refractivity contribution in [3.05, 3.63) is 29.8 Å². The summed E-state index contributed by atoms with van der Waals surface area (Å²) in [6.07, 6.45) is 7.66. The van der Waals surface area contributed by atoms with Gasteiger partial charge in [-0.15, -0.1) is 0 Å². The fourth-order valence-electron chi connectivity index (χ4n) is 3.26. The van der Waals surface area contributed by atoms with E-state index in [2.05, 4.69) is 17.6 Å². The summed E-state index contributed by atoms with van der Waals surface area (Å²) in [5, 5.41) is 15.6. The van der Waals surface area contributed by atoms with E-state index in [1.807, 2.05) is 24.3 Å². The summed E-state index contributed by atoms with van der Waals surface area (Å²) in [5.74, 6) is 0.212. The summed E-state index contributed by atoms with van der Waals surface area (Å²) in [4.78, 5) is 23.7. The van der Waals surface area contributed by atoms with Gasteiger partial charge in [0.05, 0.1) is 6.10 Å². The fraction of sp³-hybridized carbons (Fsp3) is 0.619. The number of amides is 1. The molecular formula is C21H32N2O3. The molecule has 0 aromatic heterocycles. The van der Waals surface area contributed by atoms with Crippen molar-refractivity contribution in [3.63, 3.8) is 0 Å². The molecule has 0 aliphatic carbocycles. The number of carbonyl (C=O) groups excluding carboxylic acids is 2. The van der Waals surface area contributed by atoms with Crippen molar-refractivity contribution < 1.29 is 14.7 Å². The number of nitrogens with one attached hydrogen (secondary N) is 2. The summed E-state index contributed by atoms with van der Waals surface area (Å²) in [7, 11) is 0. The maximum absolute atomic E-state index is 12.1. The molecule has 1 aromatic carbocycles. The van der Waals surface area contributed by atoms with Gasteiger partial charge >= 0.3 is 0 Å². The van der Waals surface area contributed by atoms with Crippen molar-refractivity contribution in [2.75, 3.05) is 11.9 Å². The Hall–Kier alpha value is -1.72. The highest BCUT2D eigenvalue weighted by Gasteiger charge is 2.30. The predicted octanol–water partition coefficient (Wildman–Crippen LogP) is 3.21. The Morgan fingerprint density at radius 1 is 1.12 bits per heavy atom. The molecule has 1 aliphatic rings. The minimum atomic E-state index is -0.608. The van der Waals surface area contributed by atoms with Crippen LogP contribution in [0.2, 0.25) is 0 Å². The van der Waals surface area contributed by atoms with Crippen molar-refractivity contribution in [1.29, 1.82) is 0 Å². The largest absolute Gasteiger partial charge is 0.391 e. The second kappa shape index (κ2) is 11.1. The fourth-order valence-corrected chi connectivity index (χ4v) is 3.26. The SMILES string of the molecule is CCCCC(=O)CCCCCc1ccc(NC(=O)C2NCC[C@@H]2O)cc1. The Balaban J connectivity index is 1.64. The van der Waals surface area contributed by atoms with E-state index in [9.17, 15) is 14.7 Å². The molecule has 0 bridgehead atoms. The molecule has 1 aliphatic heterocycles. The van der Waals surface area contributed by atoms with E-state index in [4.69, 9.17) is 0 Å². The second-order valence-corrected chi connectivity index (χ2v) is 7.18. The van der Waals surface area contributed by atoms with Gasteiger partial charge in [-0.3, -0.25) is 9.59 Å². The van der Waals surface area contributed by atoms with Crippen LogP contribution in [-0.4, -0.2) is 35.5 Å². The van der Waals surface area contributed by atoms with Crippen molar-refractivity contribution in [2.45, 2.75) is 76.9 Å². The van der Waals surface area contributed by atoms with Crippen LogP contribution in [0, 0.1) is 0 Å². The van der Waals surface area contributed by atoms with Gasteiger partial charge in [0.15, 0.2) is 0 Å². The first kappa shape index (κ1) is 20.6. The number of hydrogen-bond acceptors (Lipinski definition) is 4. The number of unbranched alkanes of at least 4 members (excludes halogenated alkanes) is 3. The first-order valence-corrected chi connectivity index (χ1v) is 9.93. The number of Topliss-reactive ketones (excluding diaryl/α,β-unsaturated/α-hetero) is 1. The van der Waals surface area contributed by atoms with Gasteiger partial charge in [-0.25, -0.2) is 0 Å². The zero-order valence-corrected chi connectivity index (χ0v) is 15.8. The predicted molar refractivity (Wildman–Crippen MR) is 104 cm³/mol. The zero-order valence-electron chi connectivity index (χ0n) is 15.8. The molecule has 1 heterocycles. The van der Waals surface area contributed by atoms with Crippen LogP contribution in [0.5, 0.6) is 0 Å². The van der Waals surface area contributed by atoms with Gasteiger partial charge in [-0.2, -0.15) is 0 Å². The minimum Gasteiger partial charge on any atom is -0.391 e. The van der Waals surface area contributed by atoms with E-state index >= 15 is 0 Å². The van der Waals surface area contributed by atoms with E-state index in [1.165, 1.54) is 5.56 Å². The van der Waals surface area contributed by atoms with E-state index in [-0.39, 0.29) is 5.91 Å². The van der Waals surface area contributed by atoms with E-state index < -0.39 is 12.1 Å². The Kier molecular flexibility index (Phi) is 8.78. The lowest BCUT2D eigenvalue weighted by Crippen LogP contribution is -2.42. The summed E-state index contributed by atoms with van der Waals surface area (Å²) in [6, 6.07) is 7.35. The molecule has 1 fully saturated rings. The molecule has 0 saturated carbocycles. The molecule has 26 heavy (non-hydrogen) atoms. The monoisotopic (exact) mass is 360 g/mol. The van der Waals surface area contributed by atoms with Crippen molar-refractivity contribution in [1.82, 2.24) is 5.32 Å². The first-order valence-electron chi connectivity index (χ1n) is 9.93. The number of benzene rings is 1. The molecule has 1 aromatic rings. The van der Waals surface area contributed by atoms with Crippen LogP contribution in [0.15, 0.2) is 24.3 Å². The molecule has 1 amide bonds. The molecule has 0 radical (unpaired) electrons. The number of ketones is 1. The smallest absolute Gasteiger partial charge is 0.244 e. The van der Waals surface area contributed by atoms with Crippen LogP contribution in [0.4, 0.5) is 5.69 Å². The lowest BCUT2D eigenvalue weighted by atomic mass is 10.0. The van der Waals surface area contributed by atoms with Gasteiger partial charge in [-0.05, 0) is 56.3 Å². The average Bonchev–Trinajstić information content (AvgIpc) is 3.07. The van der Waals surface area contributed by atoms with Gasteiger partial charge in [0, 0.05) is 18.5 Å². The number of hydrogen-bond donors (Lipinski definition) is 3. The van der Waals surface area contributed by atoms with Gasteiger partial charge in [-0.1, -0.05) is 31.9 Å². The molecule has 3 N–H and O–H groups in total. The van der Waals surface area contributed by atoms with Gasteiger partial charge in [0.1, 0.15) is 11.8 Å². The van der Waals surface area contributed by atoms with Crippen LogP contribution < -0.4 is 10.6 Å². The molecule has 1 saturated heterocycles. The zero-order chi connectivity index (χ0) is 18.8. The molecule has 0 spiro atoms. The number of aliphatic hydroxyl groups is 1. The van der Waals surface area contributed by atoms with Crippen molar-refractivity contribution >= 4 is 17.4 Å². The summed E-state index contributed by atoms with van der Waals surface area (Å²) < 4.78 is 0. The maximum Gasteiger partial charge on any atom is 0.244 e. The van der Waals surface area contributed by atoms with E-state index in [0.717, 1.165) is 50.6 Å². The third-order valence-electron chi connectivity index (χ3n) is 4.92. The third-order valence-corrected chi connectivity index (χ3v) is 4.92. The lowest BCUT2D eigenvalue weighted by Gasteiger charge is -2.14. The van der Waals surface area contributed by atoms with Crippen LogP contribution in [0.3, 0.4) is 0 Å². The topological polar surface area (TPSA) is 78.4 Å². The first-order chi connectivity index (χ1) is 12.6. The second-order valence-electron chi connectivity index (χ2n) is 7.18. The van der Waals surface area contributed by atoms with Crippen LogP contribution >= 0.6 is 0 Å². The summed E-state index contributed by atoms with van der Waals surface area (Å²) >= 11 is 0. The van der Waals surface area contributed by atoms with Crippen LogP contribution in [0.1, 0.15) is 63.9 Å². The Morgan fingerprint density at radius 2 is 1.85 bits per heavy atom. The van der Waals surface area contributed by atoms with Gasteiger partial charge in [0.25, 0.3) is 0 Å².